The summed E-state index contributed by atoms with van der Waals surface area (Å²) in [6.07, 6.45) is 0. The number of nitro benzene ring substituents is 1. The van der Waals surface area contributed by atoms with Crippen LogP contribution in [0.25, 0.3) is 0 Å². The number of benzene rings is 1. The molecule has 8 heteroatoms. The molecule has 1 atom stereocenters. The van der Waals surface area contributed by atoms with E-state index in [4.69, 9.17) is 10.5 Å². The monoisotopic (exact) mass is 324 g/mol. The number of aromatic nitrogens is 1. The fourth-order valence-corrected chi connectivity index (χ4v) is 2.76. The average molecular weight is 324 g/mol. The number of aryl methyl sites for hydroxylation is 1. The number of nitro groups is 1. The van der Waals surface area contributed by atoms with Crippen molar-refractivity contribution < 1.29 is 9.66 Å². The maximum atomic E-state index is 12.4. The first kappa shape index (κ1) is 15.3. The van der Waals surface area contributed by atoms with Crippen LogP contribution < -0.4 is 16.0 Å². The number of nitriles is 1. The third kappa shape index (κ3) is 2.38. The van der Waals surface area contributed by atoms with Crippen LogP contribution in [-0.4, -0.2) is 9.91 Å². The Morgan fingerprint density at radius 1 is 1.42 bits per heavy atom. The van der Waals surface area contributed by atoms with Gasteiger partial charge in [0, 0.05) is 23.9 Å². The summed E-state index contributed by atoms with van der Waals surface area (Å²) in [6, 6.07) is 9.30. The van der Waals surface area contributed by atoms with Crippen molar-refractivity contribution in [1.82, 2.24) is 4.98 Å². The van der Waals surface area contributed by atoms with Crippen LogP contribution in [0.3, 0.4) is 0 Å². The van der Waals surface area contributed by atoms with Crippen LogP contribution in [0, 0.1) is 28.4 Å². The highest BCUT2D eigenvalue weighted by Crippen LogP contribution is 2.40. The molecule has 0 amide bonds. The number of non-ortho nitro benzene ring substituents is 1. The van der Waals surface area contributed by atoms with Crippen LogP contribution in [0.15, 0.2) is 46.6 Å². The highest BCUT2D eigenvalue weighted by molar-refractivity contribution is 5.56. The summed E-state index contributed by atoms with van der Waals surface area (Å²) in [4.78, 5) is 25.5. The second-order valence-electron chi connectivity index (χ2n) is 5.34. The summed E-state index contributed by atoms with van der Waals surface area (Å²) < 4.78 is 5.41. The summed E-state index contributed by atoms with van der Waals surface area (Å²) in [5.74, 6) is -0.709. The minimum absolute atomic E-state index is 0.0392. The summed E-state index contributed by atoms with van der Waals surface area (Å²) in [7, 11) is 0. The van der Waals surface area contributed by atoms with Crippen molar-refractivity contribution in [2.24, 2.45) is 5.73 Å². The minimum Gasteiger partial charge on any atom is -0.440 e. The van der Waals surface area contributed by atoms with Gasteiger partial charge in [-0.3, -0.25) is 14.9 Å². The van der Waals surface area contributed by atoms with Gasteiger partial charge in [0.25, 0.3) is 11.2 Å². The molecule has 2 aromatic rings. The number of aromatic amines is 1. The van der Waals surface area contributed by atoms with Gasteiger partial charge in [0.2, 0.25) is 5.88 Å². The summed E-state index contributed by atoms with van der Waals surface area (Å²) in [5.41, 5.74) is 6.48. The topological polar surface area (TPSA) is 135 Å². The first-order valence-electron chi connectivity index (χ1n) is 6.98. The number of nitrogens with one attached hydrogen (secondary N) is 1. The first-order valence-corrected chi connectivity index (χ1v) is 6.98. The number of pyridine rings is 1. The molecular weight excluding hydrogens is 312 g/mol. The van der Waals surface area contributed by atoms with Gasteiger partial charge < -0.3 is 15.5 Å². The number of fused-ring (bicyclic) bond motifs is 1. The van der Waals surface area contributed by atoms with E-state index in [0.29, 0.717) is 11.3 Å². The van der Waals surface area contributed by atoms with Crippen LogP contribution >= 0.6 is 0 Å². The lowest BCUT2D eigenvalue weighted by molar-refractivity contribution is -0.384. The maximum Gasteiger partial charge on any atom is 0.269 e. The predicted molar refractivity (Wildman–Crippen MR) is 84.2 cm³/mol. The Labute approximate surface area is 135 Å². The fourth-order valence-electron chi connectivity index (χ4n) is 2.76. The second kappa shape index (κ2) is 5.55. The van der Waals surface area contributed by atoms with Crippen LogP contribution in [0.1, 0.15) is 22.7 Å². The number of nitrogens with two attached hydrogens (primary N) is 1. The van der Waals surface area contributed by atoms with Gasteiger partial charge >= 0.3 is 0 Å². The highest BCUT2D eigenvalue weighted by Gasteiger charge is 2.33. The van der Waals surface area contributed by atoms with Gasteiger partial charge in [-0.15, -0.1) is 0 Å². The number of allylic oxidation sites excluding steroid dienone is 1. The lowest BCUT2D eigenvalue weighted by Crippen LogP contribution is -2.28. The summed E-state index contributed by atoms with van der Waals surface area (Å²) in [6.45, 7) is 1.69. The largest absolute Gasteiger partial charge is 0.440 e. The Morgan fingerprint density at radius 2 is 2.17 bits per heavy atom. The number of hydrogen-bond donors (Lipinski definition) is 2. The molecule has 24 heavy (non-hydrogen) atoms. The zero-order valence-corrected chi connectivity index (χ0v) is 12.6. The first-order chi connectivity index (χ1) is 11.4. The molecule has 0 bridgehead atoms. The van der Waals surface area contributed by atoms with Crippen LogP contribution in [-0.2, 0) is 0 Å². The van der Waals surface area contributed by atoms with E-state index in [2.05, 4.69) is 4.98 Å². The van der Waals surface area contributed by atoms with Crippen molar-refractivity contribution in [3.8, 4) is 11.8 Å². The molecule has 8 nitrogen and oxygen atoms in total. The Balaban J connectivity index is 2.30. The molecule has 2 heterocycles. The average Bonchev–Trinajstić information content (AvgIpc) is 2.53. The molecule has 0 aliphatic carbocycles. The van der Waals surface area contributed by atoms with Crippen molar-refractivity contribution in [2.75, 3.05) is 0 Å². The molecule has 1 aliphatic rings. The number of H-pyrrole nitrogens is 1. The summed E-state index contributed by atoms with van der Waals surface area (Å²) >= 11 is 0. The molecule has 3 rings (SSSR count). The molecule has 1 aromatic heterocycles. The lowest BCUT2D eigenvalue weighted by Gasteiger charge is -2.25. The Hall–Kier alpha value is -3.60. The molecular formula is C16H12N4O4. The Kier molecular flexibility index (Phi) is 3.54. The summed E-state index contributed by atoms with van der Waals surface area (Å²) in [5, 5.41) is 20.4. The molecule has 1 aromatic carbocycles. The normalized spacial score (nSPS) is 16.1. The van der Waals surface area contributed by atoms with Gasteiger partial charge in [0.05, 0.1) is 16.4 Å². The molecule has 0 saturated heterocycles. The maximum absolute atomic E-state index is 12.4. The van der Waals surface area contributed by atoms with E-state index in [1.807, 2.05) is 6.07 Å². The minimum atomic E-state index is -0.831. The van der Waals surface area contributed by atoms with E-state index in [1.54, 1.807) is 19.1 Å². The smallest absolute Gasteiger partial charge is 0.269 e. The number of hydrogen-bond acceptors (Lipinski definition) is 6. The third-order valence-corrected chi connectivity index (χ3v) is 3.77. The van der Waals surface area contributed by atoms with Crippen molar-refractivity contribution in [1.29, 1.82) is 5.26 Å². The Morgan fingerprint density at radius 3 is 2.83 bits per heavy atom. The van der Waals surface area contributed by atoms with Crippen LogP contribution in [0.4, 0.5) is 5.69 Å². The van der Waals surface area contributed by atoms with E-state index in [0.717, 1.165) is 0 Å². The van der Waals surface area contributed by atoms with E-state index in [-0.39, 0.29) is 28.5 Å². The van der Waals surface area contributed by atoms with Crippen molar-refractivity contribution in [3.63, 3.8) is 0 Å². The van der Waals surface area contributed by atoms with E-state index in [1.165, 1.54) is 18.2 Å². The van der Waals surface area contributed by atoms with E-state index in [9.17, 15) is 20.2 Å². The van der Waals surface area contributed by atoms with Gasteiger partial charge in [0.1, 0.15) is 17.4 Å². The van der Waals surface area contributed by atoms with E-state index >= 15 is 0 Å². The number of rotatable bonds is 2. The van der Waals surface area contributed by atoms with Gasteiger partial charge in [-0.1, -0.05) is 12.1 Å². The lowest BCUT2D eigenvalue weighted by atomic mass is 9.84. The fraction of sp³-hybridized carbons (Fsp3) is 0.125. The second-order valence-corrected chi connectivity index (χ2v) is 5.34. The van der Waals surface area contributed by atoms with Gasteiger partial charge in [-0.25, -0.2) is 0 Å². The van der Waals surface area contributed by atoms with Gasteiger partial charge in [0.15, 0.2) is 0 Å². The molecule has 0 radical (unpaired) electrons. The zero-order valence-electron chi connectivity index (χ0n) is 12.6. The zero-order chi connectivity index (χ0) is 17.4. The number of ether oxygens (including phenoxy) is 1. The molecule has 0 unspecified atom stereocenters. The highest BCUT2D eigenvalue weighted by atomic mass is 16.6. The van der Waals surface area contributed by atoms with Crippen LogP contribution in [0.2, 0.25) is 0 Å². The van der Waals surface area contributed by atoms with Crippen molar-refractivity contribution >= 4 is 5.69 Å². The van der Waals surface area contributed by atoms with Gasteiger partial charge in [-0.2, -0.15) is 5.26 Å². The molecule has 0 fully saturated rings. The third-order valence-electron chi connectivity index (χ3n) is 3.77. The van der Waals surface area contributed by atoms with Crippen molar-refractivity contribution in [3.05, 3.63) is 79.1 Å². The molecule has 3 N–H and O–H groups in total. The van der Waals surface area contributed by atoms with Crippen LogP contribution in [0.5, 0.6) is 5.75 Å². The molecule has 1 aliphatic heterocycles. The van der Waals surface area contributed by atoms with E-state index < -0.39 is 16.4 Å². The predicted octanol–water partition coefficient (Wildman–Crippen LogP) is 1.81. The Bertz CT molecular complexity index is 984. The SMILES string of the molecule is Cc1cc2c(c(=O)[nH]1)[C@H](c1cccc([N+](=O)[O-])c1)C(C#N)=C(N)O2. The van der Waals surface area contributed by atoms with Crippen molar-refractivity contribution in [2.45, 2.75) is 12.8 Å². The molecule has 0 saturated carbocycles. The molecule has 120 valence electrons. The van der Waals surface area contributed by atoms with Gasteiger partial charge in [-0.05, 0) is 12.5 Å². The number of nitrogens with zero attached hydrogens (tertiary/aromatic N) is 2. The standard InChI is InChI=1S/C16H12N4O4/c1-8-5-12-14(16(21)19-8)13(11(7-17)15(18)24-12)9-3-2-4-10(6-9)20(22)23/h2-6,13H,18H2,1H3,(H,19,21)/t13-/m1/s1. The molecule has 0 spiro atoms. The quantitative estimate of drug-likeness (QED) is 0.639.